The van der Waals surface area contributed by atoms with Crippen LogP contribution in [0.3, 0.4) is 0 Å². The Bertz CT molecular complexity index is 769. The highest BCUT2D eigenvalue weighted by atomic mass is 15.0. The van der Waals surface area contributed by atoms with Gasteiger partial charge in [-0.25, -0.2) is 9.97 Å². The van der Waals surface area contributed by atoms with E-state index in [-0.39, 0.29) is 5.41 Å². The van der Waals surface area contributed by atoms with Gasteiger partial charge in [-0.05, 0) is 30.1 Å². The second-order valence-corrected chi connectivity index (χ2v) is 6.66. The fourth-order valence-corrected chi connectivity index (χ4v) is 2.16. The van der Waals surface area contributed by atoms with Crippen LogP contribution in [0.5, 0.6) is 0 Å². The Balaban J connectivity index is 3.25. The van der Waals surface area contributed by atoms with Gasteiger partial charge in [0.1, 0.15) is 12.1 Å². The molecule has 0 radical (unpaired) electrons. The molecule has 0 aliphatic carbocycles. The Morgan fingerprint density at radius 3 is 2.38 bits per heavy atom. The van der Waals surface area contributed by atoms with Gasteiger partial charge < -0.3 is 5.32 Å². The minimum Gasteiger partial charge on any atom is -0.340 e. The number of nitrogens with one attached hydrogen (secondary N) is 1. The highest BCUT2D eigenvalue weighted by molar-refractivity contribution is 5.75. The van der Waals surface area contributed by atoms with Gasteiger partial charge >= 0.3 is 0 Å². The van der Waals surface area contributed by atoms with Crippen LogP contribution in [0, 0.1) is 5.41 Å². The fraction of sp³-hybridized carbons (Fsp3) is 0.217. The van der Waals surface area contributed by atoms with Crippen molar-refractivity contribution in [3.8, 4) is 0 Å². The molecule has 136 valence electrons. The molecule has 0 fully saturated rings. The highest BCUT2D eigenvalue weighted by Gasteiger charge is 2.15. The Labute approximate surface area is 158 Å². The van der Waals surface area contributed by atoms with Crippen molar-refractivity contribution in [2.45, 2.75) is 27.7 Å². The van der Waals surface area contributed by atoms with Crippen LogP contribution in [0.4, 0.5) is 5.82 Å². The van der Waals surface area contributed by atoms with Crippen molar-refractivity contribution in [3.63, 3.8) is 0 Å². The summed E-state index contributed by atoms with van der Waals surface area (Å²) in [6.07, 6.45) is 16.8. The second-order valence-electron chi connectivity index (χ2n) is 6.66. The van der Waals surface area contributed by atoms with Crippen molar-refractivity contribution in [1.29, 1.82) is 0 Å². The molecule has 1 aromatic rings. The van der Waals surface area contributed by atoms with E-state index in [1.54, 1.807) is 18.5 Å². The molecular weight excluding hydrogens is 318 g/mol. The van der Waals surface area contributed by atoms with Crippen LogP contribution >= 0.6 is 0 Å². The first kappa shape index (κ1) is 21.1. The van der Waals surface area contributed by atoms with Gasteiger partial charge in [0.15, 0.2) is 0 Å². The molecule has 0 aromatic carbocycles. The Morgan fingerprint density at radius 1 is 1.12 bits per heavy atom. The largest absolute Gasteiger partial charge is 0.340 e. The molecule has 0 spiro atoms. The number of hydrogen-bond donors (Lipinski definition) is 1. The summed E-state index contributed by atoms with van der Waals surface area (Å²) >= 11 is 0. The third kappa shape index (κ3) is 6.52. The van der Waals surface area contributed by atoms with Crippen LogP contribution in [0.15, 0.2) is 92.0 Å². The normalized spacial score (nSPS) is 13.6. The van der Waals surface area contributed by atoms with Gasteiger partial charge in [0.2, 0.25) is 0 Å². The quantitative estimate of drug-likeness (QED) is 0.564. The van der Waals surface area contributed by atoms with Gasteiger partial charge in [-0.15, -0.1) is 0 Å². The van der Waals surface area contributed by atoms with Crippen LogP contribution in [-0.4, -0.2) is 9.97 Å². The van der Waals surface area contributed by atoms with Crippen molar-refractivity contribution in [2.75, 3.05) is 5.32 Å². The van der Waals surface area contributed by atoms with Gasteiger partial charge in [0, 0.05) is 17.3 Å². The molecule has 0 unspecified atom stereocenters. The van der Waals surface area contributed by atoms with Crippen molar-refractivity contribution < 1.29 is 0 Å². The van der Waals surface area contributed by atoms with E-state index in [2.05, 4.69) is 61.9 Å². The van der Waals surface area contributed by atoms with Crippen molar-refractivity contribution >= 4 is 11.4 Å². The standard InChI is InChI=1S/C23H29N3/c1-8-12-14-20(11-4)26-22-16-21(24-17-25-22)18(10-3)15-19(13-9-2)23(5,6)7/h8-17H,1-3H2,4-7H3,(H,24,25,26)/b14-12-,18-15+,19-13+,20-11+. The van der Waals surface area contributed by atoms with Gasteiger partial charge in [0.05, 0.1) is 5.69 Å². The molecule has 26 heavy (non-hydrogen) atoms. The molecule has 1 rings (SSSR count). The van der Waals surface area contributed by atoms with E-state index >= 15 is 0 Å². The maximum atomic E-state index is 4.40. The summed E-state index contributed by atoms with van der Waals surface area (Å²) in [5.74, 6) is 0.717. The first-order chi connectivity index (χ1) is 12.3. The molecule has 0 atom stereocenters. The lowest BCUT2D eigenvalue weighted by Gasteiger charge is -2.21. The summed E-state index contributed by atoms with van der Waals surface area (Å²) < 4.78 is 0. The maximum absolute atomic E-state index is 4.40. The first-order valence-corrected chi connectivity index (χ1v) is 8.58. The molecule has 0 bridgehead atoms. The van der Waals surface area contributed by atoms with Crippen LogP contribution in [-0.2, 0) is 0 Å². The highest BCUT2D eigenvalue weighted by Crippen LogP contribution is 2.29. The number of allylic oxidation sites excluding steroid dienone is 10. The summed E-state index contributed by atoms with van der Waals surface area (Å²) in [5, 5.41) is 3.27. The summed E-state index contributed by atoms with van der Waals surface area (Å²) in [4.78, 5) is 8.70. The molecule has 1 heterocycles. The molecule has 0 aliphatic heterocycles. The monoisotopic (exact) mass is 347 g/mol. The predicted molar refractivity (Wildman–Crippen MR) is 115 cm³/mol. The van der Waals surface area contributed by atoms with Gasteiger partial charge in [-0.3, -0.25) is 0 Å². The van der Waals surface area contributed by atoms with E-state index in [1.807, 2.05) is 43.4 Å². The van der Waals surface area contributed by atoms with Crippen molar-refractivity contribution in [2.24, 2.45) is 5.41 Å². The van der Waals surface area contributed by atoms with E-state index in [0.29, 0.717) is 0 Å². The summed E-state index contributed by atoms with van der Waals surface area (Å²) in [5.41, 5.74) is 3.81. The topological polar surface area (TPSA) is 37.8 Å². The van der Waals surface area contributed by atoms with Crippen molar-refractivity contribution in [1.82, 2.24) is 9.97 Å². The summed E-state index contributed by atoms with van der Waals surface area (Å²) in [7, 11) is 0. The lowest BCUT2D eigenvalue weighted by atomic mass is 9.84. The maximum Gasteiger partial charge on any atom is 0.134 e. The number of anilines is 1. The smallest absolute Gasteiger partial charge is 0.134 e. The summed E-state index contributed by atoms with van der Waals surface area (Å²) in [6.45, 7) is 19.9. The molecule has 1 N–H and O–H groups in total. The van der Waals surface area contributed by atoms with E-state index in [0.717, 1.165) is 28.4 Å². The molecule has 3 heteroatoms. The van der Waals surface area contributed by atoms with E-state index < -0.39 is 0 Å². The average Bonchev–Trinajstić information content (AvgIpc) is 2.61. The SMILES string of the molecule is C=C/C=C\C(=C/C)Nc1cc(/C(C=C)=C/C(=C\C=C)C(C)(C)C)ncn1. The third-order valence-corrected chi connectivity index (χ3v) is 3.65. The van der Waals surface area contributed by atoms with E-state index in [9.17, 15) is 0 Å². The minimum atomic E-state index is -0.00976. The lowest BCUT2D eigenvalue weighted by Crippen LogP contribution is -2.08. The fourth-order valence-electron chi connectivity index (χ4n) is 2.16. The van der Waals surface area contributed by atoms with Crippen molar-refractivity contribution in [3.05, 3.63) is 97.7 Å². The number of nitrogens with zero attached hydrogens (tertiary/aromatic N) is 2. The third-order valence-electron chi connectivity index (χ3n) is 3.65. The molecule has 0 aliphatic rings. The van der Waals surface area contributed by atoms with E-state index in [1.165, 1.54) is 0 Å². The Morgan fingerprint density at radius 2 is 1.85 bits per heavy atom. The zero-order valence-electron chi connectivity index (χ0n) is 16.3. The molecule has 0 amide bonds. The lowest BCUT2D eigenvalue weighted by molar-refractivity contribution is 0.517. The van der Waals surface area contributed by atoms with Gasteiger partial charge in [-0.2, -0.15) is 0 Å². The molecular formula is C23H29N3. The van der Waals surface area contributed by atoms with Crippen LogP contribution in [0.1, 0.15) is 33.4 Å². The van der Waals surface area contributed by atoms with Gasteiger partial charge in [0.25, 0.3) is 0 Å². The Hall–Kier alpha value is -2.94. The average molecular weight is 348 g/mol. The number of rotatable bonds is 8. The summed E-state index contributed by atoms with van der Waals surface area (Å²) in [6, 6.07) is 1.91. The predicted octanol–water partition coefficient (Wildman–Crippen LogP) is 6.26. The molecule has 0 saturated heterocycles. The zero-order chi connectivity index (χ0) is 19.6. The molecule has 1 aromatic heterocycles. The van der Waals surface area contributed by atoms with Crippen LogP contribution < -0.4 is 5.32 Å². The zero-order valence-corrected chi connectivity index (χ0v) is 16.3. The second kappa shape index (κ2) is 10.1. The first-order valence-electron chi connectivity index (χ1n) is 8.58. The van der Waals surface area contributed by atoms with Crippen LogP contribution in [0.25, 0.3) is 5.57 Å². The Kier molecular flexibility index (Phi) is 8.23. The van der Waals surface area contributed by atoms with Gasteiger partial charge in [-0.1, -0.05) is 77.0 Å². The molecule has 3 nitrogen and oxygen atoms in total. The minimum absolute atomic E-state index is 0.00976. The molecule has 0 saturated carbocycles. The number of aromatic nitrogens is 2. The van der Waals surface area contributed by atoms with Crippen LogP contribution in [0.2, 0.25) is 0 Å². The van der Waals surface area contributed by atoms with E-state index in [4.69, 9.17) is 0 Å². The number of hydrogen-bond acceptors (Lipinski definition) is 3.